The van der Waals surface area contributed by atoms with Gasteiger partial charge < -0.3 is 10.5 Å². The van der Waals surface area contributed by atoms with Gasteiger partial charge in [-0.25, -0.2) is 0 Å². The number of ether oxygens (including phenoxy) is 1. The highest BCUT2D eigenvalue weighted by molar-refractivity contribution is 5.48. The summed E-state index contributed by atoms with van der Waals surface area (Å²) in [5.74, 6) is 1.02. The van der Waals surface area contributed by atoms with Crippen molar-refractivity contribution in [3.8, 4) is 5.75 Å². The van der Waals surface area contributed by atoms with Crippen LogP contribution in [0.25, 0.3) is 0 Å². The van der Waals surface area contributed by atoms with Gasteiger partial charge in [0, 0.05) is 44.8 Å². The van der Waals surface area contributed by atoms with E-state index in [9.17, 15) is 0 Å². The molecule has 1 unspecified atom stereocenters. The molecule has 25 heavy (non-hydrogen) atoms. The van der Waals surface area contributed by atoms with Crippen molar-refractivity contribution in [2.75, 3.05) is 39.3 Å². The van der Waals surface area contributed by atoms with Gasteiger partial charge in [0.2, 0.25) is 0 Å². The SMILES string of the molecule is Cc1ccc2c(c1)C(N1CCN(CCN)CC1)c1ccccc1CO2. The van der Waals surface area contributed by atoms with Crippen LogP contribution >= 0.6 is 0 Å². The minimum absolute atomic E-state index is 0.272. The van der Waals surface area contributed by atoms with E-state index in [1.54, 1.807) is 0 Å². The predicted octanol–water partition coefficient (Wildman–Crippen LogP) is 2.55. The molecule has 2 aliphatic rings. The summed E-state index contributed by atoms with van der Waals surface area (Å²) in [7, 11) is 0. The fraction of sp³-hybridized carbons (Fsp3) is 0.429. The van der Waals surface area contributed by atoms with Gasteiger partial charge in [-0.3, -0.25) is 9.80 Å². The highest BCUT2D eigenvalue weighted by Crippen LogP contribution is 2.40. The Hall–Kier alpha value is -1.88. The molecule has 4 nitrogen and oxygen atoms in total. The van der Waals surface area contributed by atoms with Crippen molar-refractivity contribution in [2.24, 2.45) is 5.73 Å². The summed E-state index contributed by atoms with van der Waals surface area (Å²) in [4.78, 5) is 5.07. The maximum atomic E-state index is 6.16. The van der Waals surface area contributed by atoms with Crippen LogP contribution in [0.3, 0.4) is 0 Å². The minimum atomic E-state index is 0.272. The van der Waals surface area contributed by atoms with E-state index in [1.165, 1.54) is 22.3 Å². The Morgan fingerprint density at radius 1 is 1.04 bits per heavy atom. The fourth-order valence-corrected chi connectivity index (χ4v) is 4.09. The lowest BCUT2D eigenvalue weighted by Gasteiger charge is -2.39. The Kier molecular flexibility index (Phi) is 4.75. The second kappa shape index (κ2) is 7.16. The van der Waals surface area contributed by atoms with Gasteiger partial charge in [-0.15, -0.1) is 0 Å². The van der Waals surface area contributed by atoms with Crippen LogP contribution in [0.5, 0.6) is 5.75 Å². The third-order valence-corrected chi connectivity index (χ3v) is 5.41. The lowest BCUT2D eigenvalue weighted by Crippen LogP contribution is -2.49. The molecule has 1 fully saturated rings. The topological polar surface area (TPSA) is 41.7 Å². The highest BCUT2D eigenvalue weighted by Gasteiger charge is 2.31. The number of rotatable bonds is 3. The zero-order chi connectivity index (χ0) is 17.2. The monoisotopic (exact) mass is 337 g/mol. The molecule has 132 valence electrons. The first-order valence-corrected chi connectivity index (χ1v) is 9.24. The van der Waals surface area contributed by atoms with Gasteiger partial charge in [0.05, 0.1) is 6.04 Å². The molecule has 1 saturated heterocycles. The van der Waals surface area contributed by atoms with Crippen molar-refractivity contribution < 1.29 is 4.74 Å². The van der Waals surface area contributed by atoms with Crippen LogP contribution < -0.4 is 10.5 Å². The zero-order valence-electron chi connectivity index (χ0n) is 14.9. The third kappa shape index (κ3) is 3.30. The molecule has 0 saturated carbocycles. The summed E-state index contributed by atoms with van der Waals surface area (Å²) in [6, 6.07) is 15.6. The van der Waals surface area contributed by atoms with E-state index in [-0.39, 0.29) is 6.04 Å². The van der Waals surface area contributed by atoms with Crippen molar-refractivity contribution in [3.63, 3.8) is 0 Å². The zero-order valence-corrected chi connectivity index (χ0v) is 14.9. The van der Waals surface area contributed by atoms with E-state index >= 15 is 0 Å². The van der Waals surface area contributed by atoms with Crippen molar-refractivity contribution in [2.45, 2.75) is 19.6 Å². The molecule has 1 atom stereocenters. The molecule has 2 heterocycles. The number of nitrogens with two attached hydrogens (primary N) is 1. The normalized spacial score (nSPS) is 21.1. The van der Waals surface area contributed by atoms with Crippen LogP contribution in [0, 0.1) is 6.92 Å². The van der Waals surface area contributed by atoms with Crippen LogP contribution in [0.15, 0.2) is 42.5 Å². The Labute approximate surface area is 150 Å². The standard InChI is InChI=1S/C21H27N3O/c1-16-6-7-20-19(14-16)21(18-5-3-2-4-17(18)15-25-20)24-12-10-23(9-8-22)11-13-24/h2-7,14,21H,8-13,15,22H2,1H3. The summed E-state index contributed by atoms with van der Waals surface area (Å²) in [6.45, 7) is 8.83. The van der Waals surface area contributed by atoms with Gasteiger partial charge in [0.15, 0.2) is 0 Å². The average molecular weight is 337 g/mol. The third-order valence-electron chi connectivity index (χ3n) is 5.41. The smallest absolute Gasteiger partial charge is 0.124 e. The van der Waals surface area contributed by atoms with E-state index in [1.807, 2.05) is 0 Å². The molecule has 2 aromatic carbocycles. The van der Waals surface area contributed by atoms with Crippen LogP contribution in [-0.4, -0.2) is 49.1 Å². The first-order valence-electron chi connectivity index (χ1n) is 9.24. The minimum Gasteiger partial charge on any atom is -0.489 e. The molecule has 4 rings (SSSR count). The first kappa shape index (κ1) is 16.6. The molecule has 0 radical (unpaired) electrons. The Morgan fingerprint density at radius 3 is 2.64 bits per heavy atom. The molecular formula is C21H27N3O. The average Bonchev–Trinajstić information content (AvgIpc) is 2.79. The van der Waals surface area contributed by atoms with Crippen LogP contribution in [-0.2, 0) is 6.61 Å². The molecule has 2 aliphatic heterocycles. The van der Waals surface area contributed by atoms with E-state index in [4.69, 9.17) is 10.5 Å². The molecule has 0 aliphatic carbocycles. The Morgan fingerprint density at radius 2 is 1.84 bits per heavy atom. The van der Waals surface area contributed by atoms with Gasteiger partial charge in [-0.05, 0) is 24.1 Å². The quantitative estimate of drug-likeness (QED) is 0.935. The second-order valence-electron chi connectivity index (χ2n) is 7.10. The van der Waals surface area contributed by atoms with E-state index in [2.05, 4.69) is 59.2 Å². The summed E-state index contributed by atoms with van der Waals surface area (Å²) in [6.07, 6.45) is 0. The molecule has 2 aromatic rings. The number of hydrogen-bond acceptors (Lipinski definition) is 4. The van der Waals surface area contributed by atoms with Gasteiger partial charge in [-0.1, -0.05) is 42.0 Å². The van der Waals surface area contributed by atoms with Crippen LogP contribution in [0.1, 0.15) is 28.3 Å². The predicted molar refractivity (Wildman–Crippen MR) is 101 cm³/mol. The summed E-state index contributed by atoms with van der Waals surface area (Å²) in [5.41, 5.74) is 11.0. The Bertz CT molecular complexity index is 738. The van der Waals surface area contributed by atoms with Gasteiger partial charge >= 0.3 is 0 Å². The van der Waals surface area contributed by atoms with Crippen molar-refractivity contribution in [3.05, 3.63) is 64.7 Å². The van der Waals surface area contributed by atoms with E-state index < -0.39 is 0 Å². The lowest BCUT2D eigenvalue weighted by atomic mass is 9.92. The Balaban J connectivity index is 1.72. The van der Waals surface area contributed by atoms with Crippen LogP contribution in [0.2, 0.25) is 0 Å². The number of aryl methyl sites for hydroxylation is 1. The number of nitrogens with zero attached hydrogens (tertiary/aromatic N) is 2. The highest BCUT2D eigenvalue weighted by atomic mass is 16.5. The summed E-state index contributed by atoms with van der Waals surface area (Å²) < 4.78 is 6.16. The number of benzene rings is 2. The molecule has 0 spiro atoms. The number of fused-ring (bicyclic) bond motifs is 2. The fourth-order valence-electron chi connectivity index (χ4n) is 4.09. The largest absolute Gasteiger partial charge is 0.489 e. The molecule has 4 heteroatoms. The second-order valence-corrected chi connectivity index (χ2v) is 7.10. The number of piperazine rings is 1. The van der Waals surface area contributed by atoms with Crippen molar-refractivity contribution >= 4 is 0 Å². The lowest BCUT2D eigenvalue weighted by molar-refractivity contribution is 0.111. The maximum Gasteiger partial charge on any atom is 0.124 e. The van der Waals surface area contributed by atoms with E-state index in [0.29, 0.717) is 6.61 Å². The molecule has 2 N–H and O–H groups in total. The molecule has 0 bridgehead atoms. The summed E-state index contributed by atoms with van der Waals surface area (Å²) in [5, 5.41) is 0. The number of hydrogen-bond donors (Lipinski definition) is 1. The molecule has 0 aromatic heterocycles. The van der Waals surface area contributed by atoms with Crippen molar-refractivity contribution in [1.29, 1.82) is 0 Å². The van der Waals surface area contributed by atoms with Crippen LogP contribution in [0.4, 0.5) is 0 Å². The molecular weight excluding hydrogens is 310 g/mol. The van der Waals surface area contributed by atoms with Gasteiger partial charge in [0.1, 0.15) is 12.4 Å². The van der Waals surface area contributed by atoms with E-state index in [0.717, 1.165) is 45.0 Å². The maximum absolute atomic E-state index is 6.16. The van der Waals surface area contributed by atoms with Gasteiger partial charge in [0.25, 0.3) is 0 Å². The van der Waals surface area contributed by atoms with Crippen molar-refractivity contribution in [1.82, 2.24) is 9.80 Å². The first-order chi connectivity index (χ1) is 12.3. The molecule has 0 amide bonds. The summed E-state index contributed by atoms with van der Waals surface area (Å²) >= 11 is 0. The van der Waals surface area contributed by atoms with Gasteiger partial charge in [-0.2, -0.15) is 0 Å².